The standard InChI is InChI=1S/C14H12ClNO3S2/c1-8(13(18)19-2)16-12(17)11(21-14(16)20)7-9-5-3-4-6-10(9)15/h3-8H,1-2H3/b11-7-. The molecule has 2 rings (SSSR count). The second-order valence-electron chi connectivity index (χ2n) is 4.27. The quantitative estimate of drug-likeness (QED) is 0.480. The SMILES string of the molecule is COC(=O)C(C)N1C(=O)/C(=C/c2ccccc2Cl)SC1=S. The highest BCUT2D eigenvalue weighted by molar-refractivity contribution is 8.26. The van der Waals surface area contributed by atoms with E-state index in [-0.39, 0.29) is 5.91 Å². The first-order valence-electron chi connectivity index (χ1n) is 6.05. The van der Waals surface area contributed by atoms with Gasteiger partial charge >= 0.3 is 5.97 Å². The van der Waals surface area contributed by atoms with Gasteiger partial charge in [-0.05, 0) is 24.6 Å². The van der Waals surface area contributed by atoms with Gasteiger partial charge in [-0.25, -0.2) is 4.79 Å². The van der Waals surface area contributed by atoms with Gasteiger partial charge in [-0.1, -0.05) is 53.8 Å². The Morgan fingerprint density at radius 1 is 1.48 bits per heavy atom. The zero-order valence-corrected chi connectivity index (χ0v) is 13.7. The highest BCUT2D eigenvalue weighted by atomic mass is 35.5. The predicted octanol–water partition coefficient (Wildman–Crippen LogP) is 3.10. The fourth-order valence-electron chi connectivity index (χ4n) is 1.82. The maximum Gasteiger partial charge on any atom is 0.328 e. The molecule has 1 aromatic rings. The van der Waals surface area contributed by atoms with Crippen LogP contribution in [0.3, 0.4) is 0 Å². The van der Waals surface area contributed by atoms with E-state index in [9.17, 15) is 9.59 Å². The molecule has 0 saturated carbocycles. The highest BCUT2D eigenvalue weighted by Gasteiger charge is 2.38. The fourth-order valence-corrected chi connectivity index (χ4v) is 3.42. The van der Waals surface area contributed by atoms with E-state index in [2.05, 4.69) is 4.74 Å². The predicted molar refractivity (Wildman–Crippen MR) is 87.9 cm³/mol. The van der Waals surface area contributed by atoms with Crippen LogP contribution in [0.4, 0.5) is 0 Å². The Morgan fingerprint density at radius 2 is 2.14 bits per heavy atom. The van der Waals surface area contributed by atoms with Crippen molar-refractivity contribution in [2.45, 2.75) is 13.0 Å². The molecule has 1 atom stereocenters. The molecule has 110 valence electrons. The summed E-state index contributed by atoms with van der Waals surface area (Å²) in [4.78, 5) is 25.7. The molecule has 1 unspecified atom stereocenters. The Bertz CT molecular complexity index is 645. The van der Waals surface area contributed by atoms with Crippen LogP contribution in [0, 0.1) is 0 Å². The maximum atomic E-state index is 12.4. The number of rotatable bonds is 3. The molecule has 1 saturated heterocycles. The maximum absolute atomic E-state index is 12.4. The van der Waals surface area contributed by atoms with Crippen molar-refractivity contribution in [2.24, 2.45) is 0 Å². The van der Waals surface area contributed by atoms with Gasteiger partial charge in [0.25, 0.3) is 5.91 Å². The number of hydrogen-bond acceptors (Lipinski definition) is 5. The fraction of sp³-hybridized carbons (Fsp3) is 0.214. The number of benzene rings is 1. The van der Waals surface area contributed by atoms with Gasteiger partial charge in [0.1, 0.15) is 10.4 Å². The van der Waals surface area contributed by atoms with Gasteiger partial charge in [-0.3, -0.25) is 9.69 Å². The van der Waals surface area contributed by atoms with Gasteiger partial charge < -0.3 is 4.74 Å². The zero-order valence-electron chi connectivity index (χ0n) is 11.3. The van der Waals surface area contributed by atoms with Crippen LogP contribution in [-0.4, -0.2) is 34.2 Å². The lowest BCUT2D eigenvalue weighted by Crippen LogP contribution is -2.42. The first-order valence-corrected chi connectivity index (χ1v) is 7.65. The van der Waals surface area contributed by atoms with Crippen molar-refractivity contribution in [2.75, 3.05) is 7.11 Å². The normalized spacial score (nSPS) is 18.2. The molecule has 1 amide bonds. The number of hydrogen-bond donors (Lipinski definition) is 0. The van der Waals surface area contributed by atoms with E-state index in [0.717, 1.165) is 17.3 Å². The summed E-state index contributed by atoms with van der Waals surface area (Å²) >= 11 is 12.4. The molecule has 0 spiro atoms. The number of thiocarbonyl (C=S) groups is 1. The van der Waals surface area contributed by atoms with Crippen LogP contribution < -0.4 is 0 Å². The lowest BCUT2D eigenvalue weighted by Gasteiger charge is -2.20. The molecule has 0 bridgehead atoms. The van der Waals surface area contributed by atoms with Gasteiger partial charge in [0.2, 0.25) is 0 Å². The highest BCUT2D eigenvalue weighted by Crippen LogP contribution is 2.35. The van der Waals surface area contributed by atoms with E-state index in [0.29, 0.717) is 14.2 Å². The van der Waals surface area contributed by atoms with Crippen LogP contribution in [0.1, 0.15) is 12.5 Å². The lowest BCUT2D eigenvalue weighted by molar-refractivity contribution is -0.147. The van der Waals surface area contributed by atoms with E-state index in [1.807, 2.05) is 12.1 Å². The number of carbonyl (C=O) groups excluding carboxylic acids is 2. The molecular formula is C14H12ClNO3S2. The first kappa shape index (κ1) is 16.0. The number of nitrogens with zero attached hydrogens (tertiary/aromatic N) is 1. The van der Waals surface area contributed by atoms with Gasteiger partial charge in [0, 0.05) is 5.02 Å². The minimum Gasteiger partial charge on any atom is -0.467 e. The van der Waals surface area contributed by atoms with E-state index in [1.165, 1.54) is 12.0 Å². The molecule has 0 aliphatic carbocycles. The molecule has 7 heteroatoms. The van der Waals surface area contributed by atoms with E-state index in [1.54, 1.807) is 25.1 Å². The van der Waals surface area contributed by atoms with Gasteiger partial charge in [-0.2, -0.15) is 0 Å². The number of carbonyl (C=O) groups is 2. The number of ether oxygens (including phenoxy) is 1. The summed E-state index contributed by atoms with van der Waals surface area (Å²) in [5, 5.41) is 0.545. The molecule has 0 N–H and O–H groups in total. The molecule has 1 aliphatic heterocycles. The Labute approximate surface area is 137 Å². The van der Waals surface area contributed by atoms with Crippen molar-refractivity contribution in [1.29, 1.82) is 0 Å². The largest absolute Gasteiger partial charge is 0.467 e. The van der Waals surface area contributed by atoms with Crippen molar-refractivity contribution in [3.63, 3.8) is 0 Å². The van der Waals surface area contributed by atoms with E-state index < -0.39 is 12.0 Å². The number of amides is 1. The van der Waals surface area contributed by atoms with Crippen molar-refractivity contribution >= 4 is 57.9 Å². The van der Waals surface area contributed by atoms with Crippen molar-refractivity contribution in [1.82, 2.24) is 4.90 Å². The molecule has 0 aromatic heterocycles. The van der Waals surface area contributed by atoms with Gasteiger partial charge in [0.15, 0.2) is 0 Å². The Morgan fingerprint density at radius 3 is 2.76 bits per heavy atom. The smallest absolute Gasteiger partial charge is 0.328 e. The molecule has 1 fully saturated rings. The molecule has 21 heavy (non-hydrogen) atoms. The summed E-state index contributed by atoms with van der Waals surface area (Å²) in [7, 11) is 1.27. The molecule has 1 heterocycles. The number of methoxy groups -OCH3 is 1. The van der Waals surface area contributed by atoms with Crippen LogP contribution in [0.2, 0.25) is 5.02 Å². The number of esters is 1. The molecule has 1 aromatic carbocycles. The van der Waals surface area contributed by atoms with Crippen LogP contribution in [0.15, 0.2) is 29.2 Å². The summed E-state index contributed by atoms with van der Waals surface area (Å²) < 4.78 is 4.98. The zero-order chi connectivity index (χ0) is 15.6. The molecule has 1 aliphatic rings. The Balaban J connectivity index is 2.30. The second kappa shape index (κ2) is 6.60. The van der Waals surface area contributed by atoms with Crippen LogP contribution in [-0.2, 0) is 14.3 Å². The second-order valence-corrected chi connectivity index (χ2v) is 6.36. The average Bonchev–Trinajstić information content (AvgIpc) is 2.74. The van der Waals surface area contributed by atoms with Crippen LogP contribution in [0.25, 0.3) is 6.08 Å². The van der Waals surface area contributed by atoms with Crippen LogP contribution >= 0.6 is 35.6 Å². The third-order valence-electron chi connectivity index (χ3n) is 2.94. The van der Waals surface area contributed by atoms with Gasteiger partial charge in [0.05, 0.1) is 12.0 Å². The number of halogens is 1. The van der Waals surface area contributed by atoms with Crippen LogP contribution in [0.5, 0.6) is 0 Å². The summed E-state index contributed by atoms with van der Waals surface area (Å²) in [6.07, 6.45) is 1.67. The Kier molecular flexibility index (Phi) is 5.03. The third kappa shape index (κ3) is 3.28. The van der Waals surface area contributed by atoms with Gasteiger partial charge in [-0.15, -0.1) is 0 Å². The van der Waals surface area contributed by atoms with E-state index >= 15 is 0 Å². The van der Waals surface area contributed by atoms with Crippen molar-refractivity contribution in [3.8, 4) is 0 Å². The summed E-state index contributed by atoms with van der Waals surface area (Å²) in [5.41, 5.74) is 0.727. The van der Waals surface area contributed by atoms with E-state index in [4.69, 9.17) is 23.8 Å². The Hall–Kier alpha value is -1.37. The minimum absolute atomic E-state index is 0.317. The molecular weight excluding hydrogens is 330 g/mol. The lowest BCUT2D eigenvalue weighted by atomic mass is 10.2. The number of thioether (sulfide) groups is 1. The molecule has 4 nitrogen and oxygen atoms in total. The molecule has 0 radical (unpaired) electrons. The van der Waals surface area contributed by atoms with Crippen molar-refractivity contribution < 1.29 is 14.3 Å². The summed E-state index contributed by atoms with van der Waals surface area (Å²) in [6.45, 7) is 1.58. The minimum atomic E-state index is -0.750. The first-order chi connectivity index (χ1) is 9.95. The summed E-state index contributed by atoms with van der Waals surface area (Å²) in [5.74, 6) is -0.826. The topological polar surface area (TPSA) is 46.6 Å². The monoisotopic (exact) mass is 341 g/mol. The van der Waals surface area contributed by atoms with Crippen molar-refractivity contribution in [3.05, 3.63) is 39.8 Å². The summed E-state index contributed by atoms with van der Waals surface area (Å²) in [6, 6.07) is 6.43. The third-order valence-corrected chi connectivity index (χ3v) is 4.62. The average molecular weight is 342 g/mol.